The number of aryl methyl sites for hydroxylation is 1. The maximum atomic E-state index is 14.5. The van der Waals surface area contributed by atoms with Crippen LogP contribution in [0.25, 0.3) is 0 Å². The van der Waals surface area contributed by atoms with Gasteiger partial charge in [-0.05, 0) is 241 Å². The van der Waals surface area contributed by atoms with Gasteiger partial charge < -0.3 is 60.6 Å². The second kappa shape index (κ2) is 26.9. The number of esters is 4. The van der Waals surface area contributed by atoms with E-state index in [0.717, 1.165) is 38.9 Å². The van der Waals surface area contributed by atoms with Crippen LogP contribution in [-0.4, -0.2) is 138 Å². The number of aliphatic carboxylic acids is 4. The SMILES string of the molecule is CCOC(=O)C1=C(C23C4C5C2C2C3C4C52C(=O)O)NC(c2nccs2)=NC1c1ccc(Cl)c(F)c1.CCOC(=O)C1=C(C23C4C5C2C2C3C4C52C(=O)O)NC(c2nccs2)=NC1c1ccc(F)cc1.CCOC(=O)C1=C(C23C4C5C2C2C3C4C52C(=O)O)NC(c2nccs2)=NC1c1ccc(F)cc1C.CCOC(=O)C1=C(C23C4C5C2C2C3C4C52C(=O)O)NC(c2nccs2)=NC1c1ccccc1Cl. The highest BCUT2D eigenvalue weighted by molar-refractivity contribution is 7.12. The lowest BCUT2D eigenvalue weighted by atomic mass is 8.92. The van der Waals surface area contributed by atoms with Crippen LogP contribution in [0.15, 0.2) is 196 Å². The maximum absolute atomic E-state index is 14.5. The highest BCUT2D eigenvalue weighted by atomic mass is 35.5. The highest BCUT2D eigenvalue weighted by Gasteiger charge is 3.16. The molecule has 4 atom stereocenters. The molecule has 37 heteroatoms. The Balaban J connectivity index is 0.0000000888. The average Bonchev–Trinajstić information content (AvgIpc) is 0.576. The number of allylic oxidation sites excluding steroid dienone is 4. The molecular weight excluding hydrogens is 1890 g/mol. The van der Waals surface area contributed by atoms with Gasteiger partial charge in [-0.25, -0.2) is 52.3 Å². The van der Waals surface area contributed by atoms with Gasteiger partial charge in [0, 0.05) is 101 Å². The minimum atomic E-state index is -0.787. The van der Waals surface area contributed by atoms with Crippen molar-refractivity contribution in [1.82, 2.24) is 41.2 Å². The normalized spacial score (nSPS) is 42.7. The van der Waals surface area contributed by atoms with Crippen LogP contribution in [0.2, 0.25) is 10.0 Å². The molecule has 0 spiro atoms. The van der Waals surface area contributed by atoms with Crippen molar-refractivity contribution in [1.29, 1.82) is 0 Å². The number of aliphatic imine (C=N–C) groups is 4. The molecule has 4 aliphatic heterocycles. The van der Waals surface area contributed by atoms with Gasteiger partial charge in [0.2, 0.25) is 0 Å². The number of hydrogen-bond donors (Lipinski definition) is 8. The molecule has 36 rings (SSSR count). The van der Waals surface area contributed by atoms with Gasteiger partial charge in [-0.2, -0.15) is 0 Å². The van der Waals surface area contributed by atoms with Crippen LogP contribution in [0.1, 0.15) is 99.7 Å². The lowest BCUT2D eigenvalue weighted by Gasteiger charge is -3.10. The van der Waals surface area contributed by atoms with Crippen LogP contribution in [0.3, 0.4) is 0 Å². The number of nitrogens with zero attached hydrogens (tertiary/aromatic N) is 8. The number of benzene rings is 4. The predicted octanol–water partition coefficient (Wildman–Crippen LogP) is 13.5. The van der Waals surface area contributed by atoms with E-state index in [-0.39, 0.29) is 171 Å². The van der Waals surface area contributed by atoms with E-state index in [1.807, 2.05) is 46.6 Å². The number of hydrogen-bond acceptors (Lipinski definition) is 28. The number of carboxylic acid groups (broad SMARTS) is 4. The van der Waals surface area contributed by atoms with Crippen molar-refractivity contribution in [2.75, 3.05) is 26.4 Å². The summed E-state index contributed by atoms with van der Waals surface area (Å²) in [4.78, 5) is 139. The number of carbonyl (C=O) groups is 8. The van der Waals surface area contributed by atoms with Gasteiger partial charge in [-0.1, -0.05) is 65.7 Å². The first-order chi connectivity index (χ1) is 66.8. The Labute approximate surface area is 808 Å². The fourth-order valence-electron chi connectivity index (χ4n) is 36.8. The molecule has 4 aromatic carbocycles. The van der Waals surface area contributed by atoms with Crippen molar-refractivity contribution in [3.05, 3.63) is 252 Å². The molecule has 28 nitrogen and oxygen atoms in total. The molecule has 4 aromatic heterocycles. The second-order valence-corrected chi connectivity index (χ2v) is 45.9. The first-order valence-electron chi connectivity index (χ1n) is 47.1. The standard InChI is InChI=1S/C26H22FN3O4S.C25H19ClFN3O4S.C25H20ClN3O4S.C25H20FN3O4S/c1-3-34-23(31)12-19(11-5-4-10(27)8-9(11)2)29-21(22-28-6-7-35-22)30-20(12)25-13-16-14(25)18-15(25)17(13)26(16,18)24(32)33;1-2-34-22(31)11-18(8-3-4-9(26)10(27)7-8)29-20(21-28-5-6-35-21)30-19(11)24-12-15-13(24)17-14(24)16(12)25(15,17)23(32)33;1-2-33-22(30)11-18(9-5-3-4-6-10(9)26)28-20(21-27-7-8-34-21)29-19(11)24-12-15-13(24)17-14(24)16(12)25(15,17)23(31)32;1-2-33-22(30)11-18(9-3-5-10(26)6-4-9)28-20(21-27-7-8-34-21)29-19(11)24-12-15-13(24)17-14(24)16(12)25(15,17)23(31)32/h4-8,13-19H,3H2,1-2H3,(H,29,30)(H,32,33);3-7,12-18H,2H2,1H3,(H,29,30)(H,32,33);2*3-8,12-18H,2H2,1H3,(H,28,29)(H,31,32). The van der Waals surface area contributed by atoms with Crippen molar-refractivity contribution < 1.29 is 90.9 Å². The van der Waals surface area contributed by atoms with E-state index in [1.54, 1.807) is 82.8 Å². The fraction of sp³-hybridized carbons (Fsp3) is 0.446. The molecule has 24 aliphatic carbocycles. The number of thiazole rings is 4. The molecule has 700 valence electrons. The molecule has 24 fully saturated rings. The monoisotopic (exact) mass is 1970 g/mol. The second-order valence-electron chi connectivity index (χ2n) is 41.5. The van der Waals surface area contributed by atoms with Crippen LogP contribution in [-0.2, 0) is 57.3 Å². The Morgan fingerprint density at radius 1 is 0.348 bits per heavy atom. The molecular formula is C101H81Cl2F3N12O16S4. The van der Waals surface area contributed by atoms with Crippen LogP contribution < -0.4 is 21.3 Å². The molecule has 0 saturated heterocycles. The van der Waals surface area contributed by atoms with E-state index in [1.165, 1.54) is 81.7 Å². The third-order valence-corrected chi connectivity index (χ3v) is 43.4. The summed E-state index contributed by atoms with van der Waals surface area (Å²) in [6, 6.07) is 19.8. The zero-order chi connectivity index (χ0) is 94.3. The van der Waals surface area contributed by atoms with Crippen molar-refractivity contribution in [2.24, 2.45) is 205 Å². The number of aromatic nitrogens is 4. The van der Waals surface area contributed by atoms with Gasteiger partial charge in [0.25, 0.3) is 0 Å². The van der Waals surface area contributed by atoms with Crippen LogP contribution in [0, 0.1) is 210 Å². The highest BCUT2D eigenvalue weighted by Crippen LogP contribution is 3.15. The van der Waals surface area contributed by atoms with Gasteiger partial charge in [-0.15, -0.1) is 45.3 Å². The summed E-state index contributed by atoms with van der Waals surface area (Å²) in [6.07, 6.45) is 6.85. The average molecular weight is 1970 g/mol. The predicted molar refractivity (Wildman–Crippen MR) is 487 cm³/mol. The van der Waals surface area contributed by atoms with E-state index >= 15 is 0 Å². The number of amidine groups is 4. The van der Waals surface area contributed by atoms with Gasteiger partial charge in [0.15, 0.2) is 43.4 Å². The van der Waals surface area contributed by atoms with Crippen LogP contribution in [0.4, 0.5) is 13.2 Å². The summed E-state index contributed by atoms with van der Waals surface area (Å²) in [5.74, 6) is 2.79. The van der Waals surface area contributed by atoms with Crippen molar-refractivity contribution in [3.63, 3.8) is 0 Å². The Morgan fingerprint density at radius 2 is 0.630 bits per heavy atom. The van der Waals surface area contributed by atoms with Crippen molar-refractivity contribution >= 4 is 140 Å². The molecule has 138 heavy (non-hydrogen) atoms. The Bertz CT molecular complexity index is 7100. The lowest BCUT2D eigenvalue weighted by molar-refractivity contribution is -0.633. The number of ether oxygens (including phenoxy) is 4. The van der Waals surface area contributed by atoms with E-state index in [4.69, 9.17) is 62.1 Å². The molecule has 8 aromatic rings. The number of nitrogens with one attached hydrogen (secondary N) is 4. The van der Waals surface area contributed by atoms with E-state index in [2.05, 4.69) is 41.2 Å². The number of halogens is 5. The van der Waals surface area contributed by atoms with Gasteiger partial charge in [0.1, 0.15) is 41.6 Å². The number of carbonyl (C=O) groups excluding carboxylic acids is 4. The topological polar surface area (TPSA) is 404 Å². The molecule has 24 saturated carbocycles. The number of rotatable bonds is 24. The van der Waals surface area contributed by atoms with Crippen LogP contribution in [0.5, 0.6) is 0 Å². The zero-order valence-electron chi connectivity index (χ0n) is 73.5. The smallest absolute Gasteiger partial charge is 0.338 e. The minimum absolute atomic E-state index is 0.00562. The summed E-state index contributed by atoms with van der Waals surface area (Å²) in [7, 11) is 0. The summed E-state index contributed by atoms with van der Waals surface area (Å²) < 4.78 is 64.3. The maximum Gasteiger partial charge on any atom is 0.338 e. The molecule has 0 bridgehead atoms. The first kappa shape index (κ1) is 83.3. The Morgan fingerprint density at radius 3 is 0.913 bits per heavy atom. The summed E-state index contributed by atoms with van der Waals surface area (Å²) in [5, 5.41) is 64.5. The fourth-order valence-corrected chi connectivity index (χ4v) is 39.5. The first-order valence-corrected chi connectivity index (χ1v) is 51.4. The Kier molecular flexibility index (Phi) is 16.3. The molecule has 0 radical (unpaired) electrons. The van der Waals surface area contributed by atoms with Crippen LogP contribution >= 0.6 is 68.5 Å². The zero-order valence-corrected chi connectivity index (χ0v) is 78.3. The molecule has 0 amide bonds. The minimum Gasteiger partial charge on any atom is -0.481 e. The molecule has 8 heterocycles. The summed E-state index contributed by atoms with van der Waals surface area (Å²) in [5.41, 5.74) is 5.76. The van der Waals surface area contributed by atoms with E-state index in [9.17, 15) is 72.0 Å². The summed E-state index contributed by atoms with van der Waals surface area (Å²) in [6.45, 7) is 9.82. The van der Waals surface area contributed by atoms with Crippen molar-refractivity contribution in [2.45, 2.75) is 58.8 Å². The lowest BCUT2D eigenvalue weighted by Crippen LogP contribution is -3.11. The van der Waals surface area contributed by atoms with Gasteiger partial charge in [0.05, 0.1) is 75.4 Å². The molecule has 8 N–H and O–H groups in total. The van der Waals surface area contributed by atoms with E-state index < -0.39 is 99.4 Å². The van der Waals surface area contributed by atoms with Gasteiger partial charge in [-0.3, -0.25) is 39.1 Å². The quantitative estimate of drug-likeness (QED) is 0.0206. The van der Waals surface area contributed by atoms with Gasteiger partial charge >= 0.3 is 47.8 Å². The summed E-state index contributed by atoms with van der Waals surface area (Å²) >= 11 is 18.4. The third kappa shape index (κ3) is 8.38. The number of carboxylic acids is 4. The Hall–Kier alpha value is -11.6. The largest absolute Gasteiger partial charge is 0.481 e. The van der Waals surface area contributed by atoms with E-state index in [0.29, 0.717) is 118 Å². The molecule has 4 unspecified atom stereocenters. The van der Waals surface area contributed by atoms with Crippen molar-refractivity contribution in [3.8, 4) is 0 Å². The third-order valence-electron chi connectivity index (χ3n) is 39.6. The molecule has 28 aliphatic rings.